The Morgan fingerprint density at radius 3 is 0.889 bits per heavy atom. The molecular formula is C6H9N6Na3O9S3. The van der Waals surface area contributed by atoms with Crippen LogP contribution in [0.15, 0.2) is 0 Å². The van der Waals surface area contributed by atoms with Crippen molar-refractivity contribution in [3.05, 3.63) is 0 Å². The van der Waals surface area contributed by atoms with Crippen LogP contribution in [0.4, 0.5) is 17.8 Å². The van der Waals surface area contributed by atoms with E-state index in [0.717, 1.165) is 0 Å². The molecule has 0 saturated heterocycles. The summed E-state index contributed by atoms with van der Waals surface area (Å²) in [4.78, 5) is 10.4. The number of nitrogens with one attached hydrogen (secondary N) is 3. The molecule has 0 amide bonds. The molecule has 15 nitrogen and oxygen atoms in total. The molecule has 1 heterocycles. The maximum Gasteiger partial charge on any atom is 1.00 e. The van der Waals surface area contributed by atoms with E-state index in [1.807, 2.05) is 16.0 Å². The number of aromatic nitrogens is 3. The van der Waals surface area contributed by atoms with Gasteiger partial charge in [-0.2, -0.15) is 15.0 Å². The summed E-state index contributed by atoms with van der Waals surface area (Å²) in [5.41, 5.74) is 0. The minimum absolute atomic E-state index is 0. The second kappa shape index (κ2) is 13.4. The minimum atomic E-state index is -4.71. The number of rotatable bonds is 9. The van der Waals surface area contributed by atoms with Crippen molar-refractivity contribution < 1.29 is 128 Å². The number of hydrogen-bond acceptors (Lipinski definition) is 15. The Labute approximate surface area is 221 Å². The molecule has 0 spiro atoms. The van der Waals surface area contributed by atoms with Gasteiger partial charge in [-0.3, -0.25) is 0 Å². The summed E-state index contributed by atoms with van der Waals surface area (Å²) in [5, 5.41) is 5.89. The van der Waals surface area contributed by atoms with Gasteiger partial charge in [-0.05, 0) is 0 Å². The molecule has 3 N–H and O–H groups in total. The monoisotopic (exact) mass is 474 g/mol. The largest absolute Gasteiger partial charge is 1.00 e. The standard InChI is InChI=1S/C6H12N6O9S3.3Na/c13-22(14,15)1-7-4-10-5(8-2-23(16,17)18)12-6(11-4)9-3-24(19,20)21;;;/h1-3H2,(H,13,14,15)(H,16,17,18)(H,19,20,21)(H3,7,8,9,10,11,12);;;/q;3*+1/p-3. The van der Waals surface area contributed by atoms with E-state index in [2.05, 4.69) is 15.0 Å². The van der Waals surface area contributed by atoms with Gasteiger partial charge in [0.05, 0.1) is 0 Å². The fourth-order valence-corrected chi connectivity index (χ4v) is 1.99. The van der Waals surface area contributed by atoms with Crippen LogP contribution in [0.5, 0.6) is 0 Å². The molecule has 27 heavy (non-hydrogen) atoms. The van der Waals surface area contributed by atoms with E-state index in [4.69, 9.17) is 0 Å². The van der Waals surface area contributed by atoms with Crippen molar-refractivity contribution in [1.82, 2.24) is 15.0 Å². The normalized spacial score (nSPS) is 11.2. The summed E-state index contributed by atoms with van der Waals surface area (Å²) in [5.74, 6) is -5.14. The first-order valence-corrected chi connectivity index (χ1v) is 10.3. The summed E-state index contributed by atoms with van der Waals surface area (Å²) < 4.78 is 94.7. The van der Waals surface area contributed by atoms with Crippen LogP contribution in [0.25, 0.3) is 0 Å². The summed E-state index contributed by atoms with van der Waals surface area (Å²) in [6, 6.07) is 0. The maximum atomic E-state index is 10.5. The van der Waals surface area contributed by atoms with Crippen LogP contribution >= 0.6 is 0 Å². The maximum absolute atomic E-state index is 10.5. The van der Waals surface area contributed by atoms with Crippen molar-refractivity contribution >= 4 is 48.2 Å². The van der Waals surface area contributed by atoms with Crippen LogP contribution in [0.1, 0.15) is 0 Å². The molecule has 0 aliphatic carbocycles. The topological polar surface area (TPSA) is 246 Å². The molecule has 1 rings (SSSR count). The SMILES string of the molecule is O=S(=O)([O-])CNc1nc(NCS(=O)(=O)[O-])nc(NCS(=O)(=O)[O-])n1.[Na+].[Na+].[Na+]. The Morgan fingerprint density at radius 2 is 0.741 bits per heavy atom. The molecule has 1 aromatic heterocycles. The van der Waals surface area contributed by atoms with Gasteiger partial charge >= 0.3 is 88.7 Å². The summed E-state index contributed by atoms with van der Waals surface area (Å²) in [6.45, 7) is 0. The molecule has 0 unspecified atom stereocenters. The van der Waals surface area contributed by atoms with Crippen LogP contribution in [0.2, 0.25) is 0 Å². The molecule has 1 aromatic rings. The zero-order chi connectivity index (χ0) is 18.6. The molecule has 0 bridgehead atoms. The van der Waals surface area contributed by atoms with Crippen molar-refractivity contribution in [2.45, 2.75) is 0 Å². The van der Waals surface area contributed by atoms with Crippen molar-refractivity contribution in [2.75, 3.05) is 33.6 Å². The average Bonchev–Trinajstić information content (AvgIpc) is 2.38. The first-order valence-electron chi connectivity index (χ1n) is 5.52. The van der Waals surface area contributed by atoms with Crippen molar-refractivity contribution in [1.29, 1.82) is 0 Å². The van der Waals surface area contributed by atoms with E-state index in [1.54, 1.807) is 0 Å². The molecule has 0 atom stereocenters. The summed E-state index contributed by atoms with van der Waals surface area (Å²) in [6.07, 6.45) is 0. The quantitative estimate of drug-likeness (QED) is 0.222. The van der Waals surface area contributed by atoms with Crippen LogP contribution in [0, 0.1) is 0 Å². The van der Waals surface area contributed by atoms with Gasteiger partial charge in [0.25, 0.3) is 0 Å². The van der Waals surface area contributed by atoms with Gasteiger partial charge in [0.2, 0.25) is 17.8 Å². The fourth-order valence-electron chi connectivity index (χ4n) is 1.07. The van der Waals surface area contributed by atoms with Crippen LogP contribution in [-0.4, -0.2) is 71.5 Å². The molecular weight excluding hydrogens is 465 g/mol. The third-order valence-electron chi connectivity index (χ3n) is 1.86. The van der Waals surface area contributed by atoms with E-state index in [9.17, 15) is 38.9 Å². The second-order valence-corrected chi connectivity index (χ2v) is 8.15. The Morgan fingerprint density at radius 1 is 0.556 bits per heavy atom. The van der Waals surface area contributed by atoms with E-state index >= 15 is 0 Å². The van der Waals surface area contributed by atoms with Crippen molar-refractivity contribution in [3.63, 3.8) is 0 Å². The van der Waals surface area contributed by atoms with Gasteiger partial charge in [0, 0.05) is 0 Å². The van der Waals surface area contributed by atoms with Gasteiger partial charge in [-0.15, -0.1) is 0 Å². The number of nitrogens with zero attached hydrogens (tertiary/aromatic N) is 3. The fraction of sp³-hybridized carbons (Fsp3) is 0.500. The van der Waals surface area contributed by atoms with Gasteiger partial charge in [-0.1, -0.05) is 0 Å². The first-order chi connectivity index (χ1) is 10.7. The third-order valence-corrected chi connectivity index (χ3v) is 3.35. The van der Waals surface area contributed by atoms with Gasteiger partial charge in [0.15, 0.2) is 0 Å². The predicted molar refractivity (Wildman–Crippen MR) is 74.4 cm³/mol. The first kappa shape index (κ1) is 32.8. The van der Waals surface area contributed by atoms with Crippen molar-refractivity contribution in [2.24, 2.45) is 0 Å². The third kappa shape index (κ3) is 17.7. The average molecular weight is 474 g/mol. The molecule has 0 aliphatic heterocycles. The van der Waals surface area contributed by atoms with Crippen molar-refractivity contribution in [3.8, 4) is 0 Å². The van der Waals surface area contributed by atoms with Crippen LogP contribution in [-0.2, 0) is 30.4 Å². The molecule has 0 aliphatic rings. The Bertz CT molecular complexity index is 778. The molecule has 138 valence electrons. The Hall–Kier alpha value is 1.14. The van der Waals surface area contributed by atoms with Gasteiger partial charge in [-0.25, -0.2) is 25.3 Å². The zero-order valence-electron chi connectivity index (χ0n) is 14.4. The van der Waals surface area contributed by atoms with E-state index in [0.29, 0.717) is 0 Å². The van der Waals surface area contributed by atoms with Crippen LogP contribution < -0.4 is 105 Å². The summed E-state index contributed by atoms with van der Waals surface area (Å²) >= 11 is 0. The molecule has 21 heteroatoms. The van der Waals surface area contributed by atoms with Gasteiger partial charge < -0.3 is 29.6 Å². The smallest absolute Gasteiger partial charge is 0.747 e. The Balaban J connectivity index is -0.00000192. The summed E-state index contributed by atoms with van der Waals surface area (Å²) in [7, 11) is -14.1. The number of hydrogen-bond donors (Lipinski definition) is 3. The minimum Gasteiger partial charge on any atom is -0.747 e. The van der Waals surface area contributed by atoms with E-state index in [1.165, 1.54) is 0 Å². The van der Waals surface area contributed by atoms with E-state index < -0.39 is 65.8 Å². The predicted octanol–water partition coefficient (Wildman–Crippen LogP) is -12.4. The zero-order valence-corrected chi connectivity index (χ0v) is 22.8. The molecule has 0 radical (unpaired) electrons. The second-order valence-electron chi connectivity index (χ2n) is 3.94. The molecule has 0 aromatic carbocycles. The van der Waals surface area contributed by atoms with Gasteiger partial charge in [0.1, 0.15) is 48.0 Å². The van der Waals surface area contributed by atoms with E-state index in [-0.39, 0.29) is 88.7 Å². The molecule has 0 saturated carbocycles. The Kier molecular flexibility index (Phi) is 16.3. The number of anilines is 3. The van der Waals surface area contributed by atoms with Crippen LogP contribution in [0.3, 0.4) is 0 Å². The molecule has 0 fully saturated rings.